The van der Waals surface area contributed by atoms with Crippen LogP contribution in [0.25, 0.3) is 0 Å². The fraction of sp³-hybridized carbons (Fsp3) is 0.800. The number of allylic oxidation sites excluding steroid dienone is 2. The summed E-state index contributed by atoms with van der Waals surface area (Å²) in [5.74, 6) is 2.29. The standard InChI is InChI=1S/C15H22O/c1-9-5-13(16)11-6-10-7-14(2,3)8-12(10)15(9,11)4/h5,10-12H,6-8H2,1-4H3/t10-,11-,12+,15+/m0/s1. The van der Waals surface area contributed by atoms with Crippen LogP contribution in [0.5, 0.6) is 0 Å². The highest BCUT2D eigenvalue weighted by atomic mass is 16.1. The largest absolute Gasteiger partial charge is 0.295 e. The first kappa shape index (κ1) is 10.6. The molecule has 0 aromatic carbocycles. The van der Waals surface area contributed by atoms with Gasteiger partial charge in [-0.15, -0.1) is 0 Å². The molecule has 0 radical (unpaired) electrons. The summed E-state index contributed by atoms with van der Waals surface area (Å²) in [6.07, 6.45) is 5.71. The van der Waals surface area contributed by atoms with Gasteiger partial charge in [0.05, 0.1) is 0 Å². The number of hydrogen-bond acceptors (Lipinski definition) is 1. The van der Waals surface area contributed by atoms with E-state index in [0.717, 1.165) is 18.3 Å². The van der Waals surface area contributed by atoms with Crippen molar-refractivity contribution in [1.82, 2.24) is 0 Å². The van der Waals surface area contributed by atoms with Gasteiger partial charge in [-0.25, -0.2) is 0 Å². The Balaban J connectivity index is 2.00. The van der Waals surface area contributed by atoms with Crippen molar-refractivity contribution in [3.05, 3.63) is 11.6 Å². The highest BCUT2D eigenvalue weighted by Gasteiger charge is 2.61. The third-order valence-electron chi connectivity index (χ3n) is 5.74. The molecule has 0 aliphatic heterocycles. The molecule has 0 N–H and O–H groups in total. The monoisotopic (exact) mass is 218 g/mol. The van der Waals surface area contributed by atoms with E-state index in [9.17, 15) is 4.79 Å². The van der Waals surface area contributed by atoms with E-state index in [4.69, 9.17) is 0 Å². The molecule has 16 heavy (non-hydrogen) atoms. The zero-order chi connectivity index (χ0) is 11.7. The van der Waals surface area contributed by atoms with Gasteiger partial charge in [0.25, 0.3) is 0 Å². The summed E-state index contributed by atoms with van der Waals surface area (Å²) in [4.78, 5) is 12.0. The zero-order valence-electron chi connectivity index (χ0n) is 10.8. The number of fused-ring (bicyclic) bond motifs is 3. The van der Waals surface area contributed by atoms with Gasteiger partial charge in [0, 0.05) is 11.3 Å². The van der Waals surface area contributed by atoms with Gasteiger partial charge in [0.15, 0.2) is 5.78 Å². The molecular weight excluding hydrogens is 196 g/mol. The van der Waals surface area contributed by atoms with Crippen LogP contribution in [0, 0.1) is 28.6 Å². The SMILES string of the molecule is CC1=CC(=O)[C@@H]2C[C@H]3CC(C)(C)C[C@H]3[C@]12C. The minimum absolute atomic E-state index is 0.204. The smallest absolute Gasteiger partial charge is 0.159 e. The molecule has 0 aromatic rings. The van der Waals surface area contributed by atoms with Crippen LogP contribution in [-0.4, -0.2) is 5.78 Å². The molecule has 0 heterocycles. The number of ketones is 1. The summed E-state index contributed by atoms with van der Waals surface area (Å²) < 4.78 is 0. The van der Waals surface area contributed by atoms with E-state index in [-0.39, 0.29) is 5.41 Å². The Morgan fingerprint density at radius 2 is 1.94 bits per heavy atom. The Kier molecular flexibility index (Phi) is 1.85. The molecule has 0 aromatic heterocycles. The summed E-state index contributed by atoms with van der Waals surface area (Å²) in [6, 6.07) is 0. The quantitative estimate of drug-likeness (QED) is 0.607. The van der Waals surface area contributed by atoms with E-state index < -0.39 is 0 Å². The number of rotatable bonds is 0. The molecular formula is C15H22O. The van der Waals surface area contributed by atoms with Crippen molar-refractivity contribution in [3.8, 4) is 0 Å². The molecule has 0 bridgehead atoms. The lowest BCUT2D eigenvalue weighted by Gasteiger charge is -2.34. The van der Waals surface area contributed by atoms with Crippen molar-refractivity contribution in [1.29, 1.82) is 0 Å². The van der Waals surface area contributed by atoms with E-state index in [1.54, 1.807) is 0 Å². The predicted octanol–water partition coefficient (Wildman–Crippen LogP) is 3.59. The van der Waals surface area contributed by atoms with Crippen LogP contribution < -0.4 is 0 Å². The van der Waals surface area contributed by atoms with Gasteiger partial charge in [0.2, 0.25) is 0 Å². The van der Waals surface area contributed by atoms with E-state index in [2.05, 4.69) is 27.7 Å². The molecule has 3 rings (SSSR count). The van der Waals surface area contributed by atoms with Gasteiger partial charge in [-0.2, -0.15) is 0 Å². The van der Waals surface area contributed by atoms with Gasteiger partial charge in [0.1, 0.15) is 0 Å². The van der Waals surface area contributed by atoms with Crippen LogP contribution >= 0.6 is 0 Å². The van der Waals surface area contributed by atoms with Crippen molar-refractivity contribution in [2.75, 3.05) is 0 Å². The second-order valence-electron chi connectivity index (χ2n) is 7.24. The number of carbonyl (C=O) groups is 1. The Labute approximate surface area is 98.3 Å². The van der Waals surface area contributed by atoms with Crippen LogP contribution in [0.2, 0.25) is 0 Å². The molecule has 2 fully saturated rings. The summed E-state index contributed by atoms with van der Waals surface area (Å²) in [5.41, 5.74) is 2.05. The van der Waals surface area contributed by atoms with Crippen molar-refractivity contribution < 1.29 is 4.79 Å². The van der Waals surface area contributed by atoms with Crippen LogP contribution in [-0.2, 0) is 4.79 Å². The molecule has 2 saturated carbocycles. The Morgan fingerprint density at radius 3 is 2.62 bits per heavy atom. The van der Waals surface area contributed by atoms with Crippen molar-refractivity contribution >= 4 is 5.78 Å². The fourth-order valence-electron chi connectivity index (χ4n) is 4.90. The fourth-order valence-corrected chi connectivity index (χ4v) is 4.90. The van der Waals surface area contributed by atoms with Gasteiger partial charge in [-0.3, -0.25) is 4.79 Å². The zero-order valence-corrected chi connectivity index (χ0v) is 10.8. The lowest BCUT2D eigenvalue weighted by Crippen LogP contribution is -2.30. The molecule has 0 amide bonds. The van der Waals surface area contributed by atoms with E-state index >= 15 is 0 Å². The molecule has 1 nitrogen and oxygen atoms in total. The van der Waals surface area contributed by atoms with Gasteiger partial charge < -0.3 is 0 Å². The molecule has 1 heteroatoms. The summed E-state index contributed by atoms with van der Waals surface area (Å²) in [5, 5.41) is 0. The Bertz CT molecular complexity index is 390. The summed E-state index contributed by atoms with van der Waals surface area (Å²) >= 11 is 0. The maximum Gasteiger partial charge on any atom is 0.159 e. The highest BCUT2D eigenvalue weighted by Crippen LogP contribution is 2.66. The second-order valence-corrected chi connectivity index (χ2v) is 7.24. The van der Waals surface area contributed by atoms with E-state index in [1.165, 1.54) is 18.4 Å². The van der Waals surface area contributed by atoms with Crippen LogP contribution in [0.15, 0.2) is 11.6 Å². The molecule has 4 atom stereocenters. The maximum atomic E-state index is 12.0. The maximum absolute atomic E-state index is 12.0. The topological polar surface area (TPSA) is 17.1 Å². The third kappa shape index (κ3) is 1.10. The molecule has 3 aliphatic carbocycles. The van der Waals surface area contributed by atoms with E-state index in [1.807, 2.05) is 6.08 Å². The van der Waals surface area contributed by atoms with Crippen LogP contribution in [0.1, 0.15) is 47.0 Å². The minimum atomic E-state index is 0.204. The van der Waals surface area contributed by atoms with Crippen molar-refractivity contribution in [2.45, 2.75) is 47.0 Å². The second kappa shape index (κ2) is 2.80. The first-order chi connectivity index (χ1) is 7.34. The van der Waals surface area contributed by atoms with Crippen LogP contribution in [0.3, 0.4) is 0 Å². The summed E-state index contributed by atoms with van der Waals surface area (Å²) in [7, 11) is 0. The molecule has 0 spiro atoms. The van der Waals surface area contributed by atoms with Crippen molar-refractivity contribution in [3.63, 3.8) is 0 Å². The Morgan fingerprint density at radius 1 is 1.25 bits per heavy atom. The minimum Gasteiger partial charge on any atom is -0.295 e. The average Bonchev–Trinajstić information content (AvgIpc) is 2.66. The Hall–Kier alpha value is -0.590. The van der Waals surface area contributed by atoms with Crippen LogP contribution in [0.4, 0.5) is 0 Å². The first-order valence-corrected chi connectivity index (χ1v) is 6.57. The van der Waals surface area contributed by atoms with Crippen molar-refractivity contribution in [2.24, 2.45) is 28.6 Å². The first-order valence-electron chi connectivity index (χ1n) is 6.57. The number of hydrogen-bond donors (Lipinski definition) is 0. The molecule has 0 unspecified atom stereocenters. The molecule has 0 saturated heterocycles. The van der Waals surface area contributed by atoms with Gasteiger partial charge >= 0.3 is 0 Å². The average molecular weight is 218 g/mol. The van der Waals surface area contributed by atoms with Gasteiger partial charge in [-0.1, -0.05) is 26.3 Å². The summed E-state index contributed by atoms with van der Waals surface area (Å²) in [6.45, 7) is 9.30. The number of carbonyl (C=O) groups excluding carboxylic acids is 1. The lowest BCUT2D eigenvalue weighted by molar-refractivity contribution is -0.119. The third-order valence-corrected chi connectivity index (χ3v) is 5.74. The van der Waals surface area contributed by atoms with E-state index in [0.29, 0.717) is 17.1 Å². The lowest BCUT2D eigenvalue weighted by atomic mass is 9.69. The predicted molar refractivity (Wildman–Crippen MR) is 65.0 cm³/mol. The highest BCUT2D eigenvalue weighted by molar-refractivity contribution is 5.97. The molecule has 88 valence electrons. The molecule has 3 aliphatic rings. The normalized spacial score (nSPS) is 49.1. The van der Waals surface area contributed by atoms with Gasteiger partial charge in [-0.05, 0) is 49.5 Å².